The molecule has 1 atom stereocenters. The number of nitrogens with two attached hydrogens (primary N) is 1. The first-order valence-corrected chi connectivity index (χ1v) is 4.80. The molecule has 0 saturated carbocycles. The fourth-order valence-corrected chi connectivity index (χ4v) is 1.43. The van der Waals surface area contributed by atoms with Gasteiger partial charge in [0.2, 0.25) is 6.04 Å². The van der Waals surface area contributed by atoms with Crippen molar-refractivity contribution in [3.63, 3.8) is 0 Å². The van der Waals surface area contributed by atoms with Crippen LogP contribution in [0.1, 0.15) is 6.42 Å². The van der Waals surface area contributed by atoms with Gasteiger partial charge in [0, 0.05) is 16.2 Å². The summed E-state index contributed by atoms with van der Waals surface area (Å²) in [6, 6.07) is -1.01. The highest BCUT2D eigenvalue weighted by molar-refractivity contribution is 7.85. The van der Waals surface area contributed by atoms with Crippen molar-refractivity contribution in [1.82, 2.24) is 0 Å². The van der Waals surface area contributed by atoms with Gasteiger partial charge in [-0.05, 0) is 12.2 Å². The van der Waals surface area contributed by atoms with Crippen molar-refractivity contribution in [3.05, 3.63) is 44.5 Å². The molecule has 6 nitrogen and oxygen atoms in total. The Morgan fingerprint density at radius 3 is 2.81 bits per heavy atom. The van der Waals surface area contributed by atoms with Crippen molar-refractivity contribution in [2.45, 2.75) is 12.5 Å². The quantitative estimate of drug-likeness (QED) is 0.292. The lowest BCUT2D eigenvalue weighted by molar-refractivity contribution is -0.511. The van der Waals surface area contributed by atoms with Gasteiger partial charge in [-0.3, -0.25) is 10.1 Å². The minimum Gasteiger partial charge on any atom is -0.477 e. The summed E-state index contributed by atoms with van der Waals surface area (Å²) < 4.78 is 0. The second-order valence-corrected chi connectivity index (χ2v) is 3.73. The minimum absolute atomic E-state index is 0.0794. The molecule has 0 aromatic heterocycles. The predicted molar refractivity (Wildman–Crippen MR) is 60.5 cm³/mol. The van der Waals surface area contributed by atoms with E-state index in [1.807, 2.05) is 0 Å². The SMILES string of the molecule is NC1=CC=C(C=C(S)C(=O)O)C([N+](=O)[O-])C1. The van der Waals surface area contributed by atoms with E-state index in [-0.39, 0.29) is 16.9 Å². The molecule has 0 heterocycles. The van der Waals surface area contributed by atoms with Gasteiger partial charge in [0.1, 0.15) is 0 Å². The van der Waals surface area contributed by atoms with Crippen LogP contribution in [0.4, 0.5) is 0 Å². The number of nitro groups is 1. The Morgan fingerprint density at radius 2 is 2.31 bits per heavy atom. The molecule has 0 aromatic carbocycles. The first-order chi connectivity index (χ1) is 7.41. The molecule has 0 amide bonds. The molecule has 1 aliphatic rings. The number of carbonyl (C=O) groups is 1. The highest BCUT2D eigenvalue weighted by Gasteiger charge is 2.27. The van der Waals surface area contributed by atoms with E-state index >= 15 is 0 Å². The average molecular weight is 242 g/mol. The molecule has 0 spiro atoms. The average Bonchev–Trinajstić information content (AvgIpc) is 2.20. The standard InChI is InChI=1S/C9H10N2O4S/c10-6-2-1-5(3-8(16)9(12)13)7(4-6)11(14)15/h1-3,7,16H,4,10H2,(H,12,13). The zero-order valence-corrected chi connectivity index (χ0v) is 9.05. The summed E-state index contributed by atoms with van der Waals surface area (Å²) in [5.41, 5.74) is 6.15. The van der Waals surface area contributed by atoms with Crippen LogP contribution in [0.5, 0.6) is 0 Å². The van der Waals surface area contributed by atoms with E-state index in [1.165, 1.54) is 18.2 Å². The number of carboxylic acids is 1. The third-order valence-electron chi connectivity index (χ3n) is 2.08. The van der Waals surface area contributed by atoms with Crippen LogP contribution < -0.4 is 5.73 Å². The maximum absolute atomic E-state index is 10.7. The predicted octanol–water partition coefficient (Wildman–Crippen LogP) is 0.703. The Hall–Kier alpha value is -1.76. The van der Waals surface area contributed by atoms with Crippen LogP contribution in [0.15, 0.2) is 34.4 Å². The van der Waals surface area contributed by atoms with E-state index in [1.54, 1.807) is 0 Å². The second kappa shape index (κ2) is 4.84. The molecule has 1 rings (SSSR count). The van der Waals surface area contributed by atoms with E-state index in [9.17, 15) is 14.9 Å². The largest absolute Gasteiger partial charge is 0.477 e. The van der Waals surface area contributed by atoms with Gasteiger partial charge in [-0.25, -0.2) is 4.79 Å². The molecular formula is C9H10N2O4S. The van der Waals surface area contributed by atoms with E-state index in [4.69, 9.17) is 10.8 Å². The van der Waals surface area contributed by atoms with Gasteiger partial charge >= 0.3 is 5.97 Å². The number of allylic oxidation sites excluding steroid dienone is 2. The lowest BCUT2D eigenvalue weighted by atomic mass is 9.97. The smallest absolute Gasteiger partial charge is 0.341 e. The molecule has 7 heteroatoms. The van der Waals surface area contributed by atoms with Crippen molar-refractivity contribution >= 4 is 18.6 Å². The van der Waals surface area contributed by atoms with E-state index in [0.29, 0.717) is 5.70 Å². The molecule has 0 aliphatic heterocycles. The number of nitrogens with zero attached hydrogens (tertiary/aromatic N) is 1. The van der Waals surface area contributed by atoms with E-state index < -0.39 is 16.9 Å². The molecule has 0 aromatic rings. The fourth-order valence-electron chi connectivity index (χ4n) is 1.28. The number of carboxylic acid groups (broad SMARTS) is 1. The Morgan fingerprint density at radius 1 is 1.69 bits per heavy atom. The molecule has 0 fully saturated rings. The number of hydrogen-bond acceptors (Lipinski definition) is 5. The highest BCUT2D eigenvalue weighted by Crippen LogP contribution is 2.21. The normalized spacial score (nSPS) is 21.1. The van der Waals surface area contributed by atoms with Gasteiger partial charge in [-0.15, -0.1) is 12.6 Å². The summed E-state index contributed by atoms with van der Waals surface area (Å²) in [4.78, 5) is 20.5. The summed E-state index contributed by atoms with van der Waals surface area (Å²) in [5.74, 6) is -1.23. The van der Waals surface area contributed by atoms with Crippen LogP contribution >= 0.6 is 12.6 Å². The lowest BCUT2D eigenvalue weighted by Gasteiger charge is -2.14. The van der Waals surface area contributed by atoms with Gasteiger partial charge in [0.05, 0.1) is 11.3 Å². The molecule has 1 unspecified atom stereocenters. The Bertz CT molecular complexity index is 425. The molecule has 16 heavy (non-hydrogen) atoms. The van der Waals surface area contributed by atoms with Crippen LogP contribution in [0, 0.1) is 10.1 Å². The fraction of sp³-hybridized carbons (Fsp3) is 0.222. The van der Waals surface area contributed by atoms with Gasteiger partial charge in [-0.1, -0.05) is 6.08 Å². The van der Waals surface area contributed by atoms with Gasteiger partial charge in [0.15, 0.2) is 0 Å². The third-order valence-corrected chi connectivity index (χ3v) is 2.40. The first kappa shape index (κ1) is 12.3. The topological polar surface area (TPSA) is 106 Å². The molecule has 1 aliphatic carbocycles. The van der Waals surface area contributed by atoms with Gasteiger partial charge < -0.3 is 10.8 Å². The summed E-state index contributed by atoms with van der Waals surface area (Å²) in [5, 5.41) is 19.3. The summed E-state index contributed by atoms with van der Waals surface area (Å²) >= 11 is 3.71. The van der Waals surface area contributed by atoms with Crippen LogP contribution in [-0.2, 0) is 4.79 Å². The van der Waals surface area contributed by atoms with Crippen molar-refractivity contribution < 1.29 is 14.8 Å². The zero-order valence-electron chi connectivity index (χ0n) is 8.16. The number of rotatable bonds is 3. The number of thiol groups is 1. The summed E-state index contributed by atoms with van der Waals surface area (Å²) in [6.07, 6.45) is 4.21. The van der Waals surface area contributed by atoms with Crippen LogP contribution in [0.2, 0.25) is 0 Å². The van der Waals surface area contributed by atoms with E-state index in [2.05, 4.69) is 12.6 Å². The van der Waals surface area contributed by atoms with Gasteiger partial charge in [-0.2, -0.15) is 0 Å². The van der Waals surface area contributed by atoms with Crippen molar-refractivity contribution in [2.24, 2.45) is 5.73 Å². The first-order valence-electron chi connectivity index (χ1n) is 4.35. The summed E-state index contributed by atoms with van der Waals surface area (Å²) in [6.45, 7) is 0. The van der Waals surface area contributed by atoms with Crippen LogP contribution in [0.25, 0.3) is 0 Å². The van der Waals surface area contributed by atoms with E-state index in [0.717, 1.165) is 0 Å². The molecule has 0 bridgehead atoms. The maximum Gasteiger partial charge on any atom is 0.341 e. The number of hydrogen-bond donors (Lipinski definition) is 3. The highest BCUT2D eigenvalue weighted by atomic mass is 32.1. The van der Waals surface area contributed by atoms with Crippen LogP contribution in [0.3, 0.4) is 0 Å². The molecule has 0 radical (unpaired) electrons. The summed E-state index contributed by atoms with van der Waals surface area (Å²) in [7, 11) is 0. The van der Waals surface area contributed by atoms with Crippen LogP contribution in [-0.4, -0.2) is 22.0 Å². The second-order valence-electron chi connectivity index (χ2n) is 3.25. The molecule has 86 valence electrons. The van der Waals surface area contributed by atoms with Crippen molar-refractivity contribution in [3.8, 4) is 0 Å². The Balaban J connectivity index is 3.04. The Labute approximate surface area is 96.7 Å². The zero-order chi connectivity index (χ0) is 12.3. The molecular weight excluding hydrogens is 232 g/mol. The minimum atomic E-state index is -1.23. The Kier molecular flexibility index (Phi) is 3.73. The number of aliphatic carboxylic acids is 1. The molecule has 3 N–H and O–H groups in total. The maximum atomic E-state index is 10.7. The van der Waals surface area contributed by atoms with Crippen molar-refractivity contribution in [2.75, 3.05) is 0 Å². The third kappa shape index (κ3) is 2.86. The molecule has 0 saturated heterocycles. The van der Waals surface area contributed by atoms with Gasteiger partial charge in [0.25, 0.3) is 0 Å². The monoisotopic (exact) mass is 242 g/mol. The lowest BCUT2D eigenvalue weighted by Crippen LogP contribution is -2.26. The van der Waals surface area contributed by atoms with Crippen molar-refractivity contribution in [1.29, 1.82) is 0 Å².